The van der Waals surface area contributed by atoms with Gasteiger partial charge in [0.1, 0.15) is 12.1 Å². The van der Waals surface area contributed by atoms with Gasteiger partial charge < -0.3 is 20.4 Å². The second-order valence-electron chi connectivity index (χ2n) is 11.4. The molecule has 3 fully saturated rings. The molecule has 1 aromatic carbocycles. The van der Waals surface area contributed by atoms with E-state index in [2.05, 4.69) is 48.3 Å². The maximum atomic E-state index is 13.3. The number of imide groups is 1. The highest BCUT2D eigenvalue weighted by atomic mass is 16.2. The second kappa shape index (κ2) is 9.80. The third-order valence-electron chi connectivity index (χ3n) is 8.73. The third-order valence-corrected chi connectivity index (χ3v) is 8.73. The van der Waals surface area contributed by atoms with Crippen LogP contribution < -0.4 is 15.5 Å². The molecule has 1 saturated carbocycles. The summed E-state index contributed by atoms with van der Waals surface area (Å²) in [4.78, 5) is 44.5. The number of hydrogen-bond donors (Lipinski definition) is 2. The number of benzene rings is 1. The largest absolute Gasteiger partial charge is 0.369 e. The molecular weight excluding hydrogens is 442 g/mol. The molecule has 2 heterocycles. The van der Waals surface area contributed by atoms with Crippen molar-refractivity contribution in [2.45, 2.75) is 65.3 Å². The summed E-state index contributed by atoms with van der Waals surface area (Å²) in [5, 5.41) is 5.81. The average Bonchev–Trinajstić information content (AvgIpc) is 3.04. The Kier molecular flexibility index (Phi) is 7.13. The zero-order chi connectivity index (χ0) is 25.4. The van der Waals surface area contributed by atoms with E-state index < -0.39 is 11.6 Å². The van der Waals surface area contributed by atoms with E-state index in [1.165, 1.54) is 5.69 Å². The lowest BCUT2D eigenvalue weighted by Gasteiger charge is -2.42. The summed E-state index contributed by atoms with van der Waals surface area (Å²) in [6, 6.07) is 5.42. The van der Waals surface area contributed by atoms with Crippen LogP contribution >= 0.6 is 0 Å². The normalized spacial score (nSPS) is 25.8. The molecule has 1 aromatic rings. The summed E-state index contributed by atoms with van der Waals surface area (Å²) in [5.74, 6) is -0.0812. The van der Waals surface area contributed by atoms with E-state index in [1.807, 2.05) is 25.1 Å². The number of carbonyl (C=O) groups excluding carboxylic acids is 3. The lowest BCUT2D eigenvalue weighted by molar-refractivity contribution is -0.135. The number of carbonyl (C=O) groups is 3. The van der Waals surface area contributed by atoms with E-state index in [9.17, 15) is 14.4 Å². The van der Waals surface area contributed by atoms with Crippen LogP contribution in [0, 0.1) is 18.3 Å². The number of likely N-dealkylation sites (N-methyl/N-ethyl adjacent to an activating group) is 1. The Morgan fingerprint density at radius 2 is 1.80 bits per heavy atom. The fourth-order valence-electron chi connectivity index (χ4n) is 5.82. The minimum atomic E-state index is -0.849. The van der Waals surface area contributed by atoms with Crippen LogP contribution in [-0.4, -0.2) is 73.0 Å². The maximum absolute atomic E-state index is 13.3. The zero-order valence-electron chi connectivity index (χ0n) is 21.9. The van der Waals surface area contributed by atoms with Gasteiger partial charge in [-0.25, -0.2) is 4.79 Å². The molecule has 192 valence electrons. The number of rotatable bonds is 6. The van der Waals surface area contributed by atoms with E-state index in [1.54, 1.807) is 0 Å². The van der Waals surface area contributed by atoms with Crippen LogP contribution in [0.1, 0.15) is 58.4 Å². The van der Waals surface area contributed by atoms with Crippen molar-refractivity contribution in [1.82, 2.24) is 15.1 Å². The maximum Gasteiger partial charge on any atom is 0.325 e. The molecule has 8 nitrogen and oxygen atoms in total. The van der Waals surface area contributed by atoms with Crippen LogP contribution in [0.4, 0.5) is 16.2 Å². The van der Waals surface area contributed by atoms with Crippen LogP contribution in [0.3, 0.4) is 0 Å². The third kappa shape index (κ3) is 5.17. The van der Waals surface area contributed by atoms with E-state index in [0.29, 0.717) is 24.4 Å². The first kappa shape index (κ1) is 25.5. The van der Waals surface area contributed by atoms with E-state index in [4.69, 9.17) is 0 Å². The van der Waals surface area contributed by atoms with Crippen LogP contribution in [0.2, 0.25) is 0 Å². The highest BCUT2D eigenvalue weighted by Crippen LogP contribution is 2.45. The first-order valence-corrected chi connectivity index (χ1v) is 13.0. The molecular formula is C27H41N5O3. The van der Waals surface area contributed by atoms with Gasteiger partial charge in [-0.15, -0.1) is 0 Å². The summed E-state index contributed by atoms with van der Waals surface area (Å²) in [5.41, 5.74) is 2.32. The number of amides is 4. The van der Waals surface area contributed by atoms with Gasteiger partial charge in [0.15, 0.2) is 0 Å². The highest BCUT2D eigenvalue weighted by Gasteiger charge is 2.53. The van der Waals surface area contributed by atoms with Crippen molar-refractivity contribution >= 4 is 29.2 Å². The van der Waals surface area contributed by atoms with Crippen LogP contribution in [-0.2, 0) is 9.59 Å². The van der Waals surface area contributed by atoms with E-state index in [0.717, 1.165) is 55.9 Å². The average molecular weight is 484 g/mol. The fraction of sp³-hybridized carbons (Fsp3) is 0.667. The number of nitrogens with one attached hydrogen (secondary N) is 2. The SMILES string of the molecule is CCC(C)(C)C1CCC2(CC1)NC(=O)N(CC(=O)Nc1ccc(N3CCN(C)CC3)c(C)c1)C2=O. The van der Waals surface area contributed by atoms with Crippen LogP contribution in [0.5, 0.6) is 0 Å². The van der Waals surface area contributed by atoms with E-state index >= 15 is 0 Å². The number of hydrogen-bond acceptors (Lipinski definition) is 5. The van der Waals surface area contributed by atoms with Gasteiger partial charge in [0.05, 0.1) is 0 Å². The van der Waals surface area contributed by atoms with Gasteiger partial charge in [-0.3, -0.25) is 14.5 Å². The standard InChI is InChI=1S/C27H41N5O3/c1-6-26(3,4)20-9-11-27(12-10-20)24(34)32(25(35)29-27)18-23(33)28-21-7-8-22(19(2)17-21)31-15-13-30(5)14-16-31/h7-8,17,20H,6,9-16,18H2,1-5H3,(H,28,33)(H,29,35). The van der Waals surface area contributed by atoms with Crippen molar-refractivity contribution < 1.29 is 14.4 Å². The van der Waals surface area contributed by atoms with Gasteiger partial charge >= 0.3 is 6.03 Å². The van der Waals surface area contributed by atoms with Crippen LogP contribution in [0.15, 0.2) is 18.2 Å². The zero-order valence-corrected chi connectivity index (χ0v) is 21.9. The molecule has 3 aliphatic rings. The van der Waals surface area contributed by atoms with Gasteiger partial charge in [-0.05, 0) is 74.8 Å². The lowest BCUT2D eigenvalue weighted by Crippen LogP contribution is -2.51. The molecule has 0 radical (unpaired) electrons. The molecule has 2 N–H and O–H groups in total. The van der Waals surface area contributed by atoms with Gasteiger partial charge in [-0.2, -0.15) is 0 Å². The van der Waals surface area contributed by atoms with Crippen molar-refractivity contribution in [3.8, 4) is 0 Å². The quantitative estimate of drug-likeness (QED) is 0.604. The molecule has 0 unspecified atom stereocenters. The van der Waals surface area contributed by atoms with Crippen molar-refractivity contribution in [2.75, 3.05) is 50.0 Å². The van der Waals surface area contributed by atoms with Gasteiger partial charge in [-0.1, -0.05) is 27.2 Å². The summed E-state index contributed by atoms with van der Waals surface area (Å²) in [6.07, 6.45) is 4.18. The highest BCUT2D eigenvalue weighted by molar-refractivity contribution is 6.10. The molecule has 4 amide bonds. The number of urea groups is 1. The molecule has 4 rings (SSSR count). The Balaban J connectivity index is 1.35. The molecule has 0 bridgehead atoms. The topological polar surface area (TPSA) is 85.0 Å². The Bertz CT molecular complexity index is 975. The van der Waals surface area contributed by atoms with Crippen molar-refractivity contribution in [3.63, 3.8) is 0 Å². The molecule has 0 aromatic heterocycles. The molecule has 1 spiro atoms. The summed E-state index contributed by atoms with van der Waals surface area (Å²) >= 11 is 0. The Hall–Kier alpha value is -2.61. The smallest absolute Gasteiger partial charge is 0.325 e. The molecule has 35 heavy (non-hydrogen) atoms. The molecule has 2 saturated heterocycles. The van der Waals surface area contributed by atoms with Crippen molar-refractivity contribution in [1.29, 1.82) is 0 Å². The first-order valence-electron chi connectivity index (χ1n) is 13.0. The van der Waals surface area contributed by atoms with Crippen LogP contribution in [0.25, 0.3) is 0 Å². The second-order valence-corrected chi connectivity index (χ2v) is 11.4. The molecule has 8 heteroatoms. The van der Waals surface area contributed by atoms with Crippen molar-refractivity contribution in [3.05, 3.63) is 23.8 Å². The minimum Gasteiger partial charge on any atom is -0.369 e. The fourth-order valence-corrected chi connectivity index (χ4v) is 5.82. The minimum absolute atomic E-state index is 0.227. The summed E-state index contributed by atoms with van der Waals surface area (Å²) in [7, 11) is 2.13. The first-order chi connectivity index (χ1) is 16.5. The number of nitrogens with zero attached hydrogens (tertiary/aromatic N) is 3. The predicted octanol–water partition coefficient (Wildman–Crippen LogP) is 3.60. The number of anilines is 2. The summed E-state index contributed by atoms with van der Waals surface area (Å²) in [6.45, 7) is 12.6. The van der Waals surface area contributed by atoms with Gasteiger partial charge in [0, 0.05) is 37.6 Å². The monoisotopic (exact) mass is 483 g/mol. The Morgan fingerprint density at radius 3 is 2.40 bits per heavy atom. The predicted molar refractivity (Wildman–Crippen MR) is 139 cm³/mol. The molecule has 2 aliphatic heterocycles. The van der Waals surface area contributed by atoms with Gasteiger partial charge in [0.2, 0.25) is 5.91 Å². The Morgan fingerprint density at radius 1 is 1.14 bits per heavy atom. The van der Waals surface area contributed by atoms with E-state index in [-0.39, 0.29) is 23.8 Å². The number of aryl methyl sites for hydroxylation is 1. The molecule has 1 aliphatic carbocycles. The van der Waals surface area contributed by atoms with Gasteiger partial charge in [0.25, 0.3) is 5.91 Å². The molecule has 0 atom stereocenters. The Labute approximate surface area is 209 Å². The number of piperazine rings is 1. The summed E-state index contributed by atoms with van der Waals surface area (Å²) < 4.78 is 0. The van der Waals surface area contributed by atoms with Crippen molar-refractivity contribution in [2.24, 2.45) is 11.3 Å². The lowest BCUT2D eigenvalue weighted by atomic mass is 9.65.